The molecule has 0 N–H and O–H groups in total. The van der Waals surface area contributed by atoms with E-state index in [4.69, 9.17) is 4.74 Å². The fourth-order valence-corrected chi connectivity index (χ4v) is 1.56. The Morgan fingerprint density at radius 1 is 1.13 bits per heavy atom. The summed E-state index contributed by atoms with van der Waals surface area (Å²) in [6.45, 7) is 2.43. The fourth-order valence-electron chi connectivity index (χ4n) is 1.56. The number of halogens is 3. The average molecular weight is 224 g/mol. The summed E-state index contributed by atoms with van der Waals surface area (Å²) in [4.78, 5) is 0. The van der Waals surface area contributed by atoms with Gasteiger partial charge in [-0.1, -0.05) is 26.2 Å². The zero-order valence-electron chi connectivity index (χ0n) is 9.20. The molecule has 0 saturated heterocycles. The summed E-state index contributed by atoms with van der Waals surface area (Å²) in [6.07, 6.45) is 0.602. The SMILES string of the molecule is CCCCCCOCC1(C(F)(F)F)CC1. The van der Waals surface area contributed by atoms with E-state index in [9.17, 15) is 13.2 Å². The Balaban J connectivity index is 2.05. The summed E-state index contributed by atoms with van der Waals surface area (Å²) < 4.78 is 42.5. The highest BCUT2D eigenvalue weighted by Gasteiger charge is 2.63. The first-order valence-corrected chi connectivity index (χ1v) is 5.66. The Kier molecular flexibility index (Phi) is 4.44. The summed E-state index contributed by atoms with van der Waals surface area (Å²) >= 11 is 0. The fraction of sp³-hybridized carbons (Fsp3) is 1.00. The van der Waals surface area contributed by atoms with Crippen LogP contribution in [-0.2, 0) is 4.74 Å². The lowest BCUT2D eigenvalue weighted by atomic mass is 10.1. The Morgan fingerprint density at radius 3 is 2.27 bits per heavy atom. The molecule has 15 heavy (non-hydrogen) atoms. The summed E-state index contributed by atoms with van der Waals surface area (Å²) in [5.74, 6) is 0. The predicted octanol–water partition coefficient (Wildman–Crippen LogP) is 3.93. The first kappa shape index (κ1) is 12.8. The molecule has 0 bridgehead atoms. The van der Waals surface area contributed by atoms with Crippen molar-refractivity contribution in [3.8, 4) is 0 Å². The van der Waals surface area contributed by atoms with E-state index in [2.05, 4.69) is 6.92 Å². The molecule has 1 aliphatic rings. The first-order chi connectivity index (χ1) is 7.02. The third kappa shape index (κ3) is 3.67. The van der Waals surface area contributed by atoms with E-state index in [1.165, 1.54) is 0 Å². The lowest BCUT2D eigenvalue weighted by molar-refractivity contribution is -0.201. The molecule has 0 aromatic heterocycles. The van der Waals surface area contributed by atoms with Crippen molar-refractivity contribution in [2.24, 2.45) is 5.41 Å². The van der Waals surface area contributed by atoms with Crippen LogP contribution in [0, 0.1) is 5.41 Å². The van der Waals surface area contributed by atoms with Crippen molar-refractivity contribution in [2.75, 3.05) is 13.2 Å². The summed E-state index contributed by atoms with van der Waals surface area (Å²) in [5, 5.41) is 0. The van der Waals surface area contributed by atoms with Crippen LogP contribution in [0.5, 0.6) is 0 Å². The Bertz CT molecular complexity index is 185. The molecule has 0 spiro atoms. The molecule has 0 radical (unpaired) electrons. The molecule has 0 amide bonds. The lowest BCUT2D eigenvalue weighted by Crippen LogP contribution is -2.29. The molecule has 1 aliphatic carbocycles. The Hall–Kier alpha value is -0.250. The third-order valence-corrected chi connectivity index (χ3v) is 2.98. The third-order valence-electron chi connectivity index (χ3n) is 2.98. The monoisotopic (exact) mass is 224 g/mol. The number of rotatable bonds is 7. The van der Waals surface area contributed by atoms with Crippen LogP contribution < -0.4 is 0 Å². The minimum absolute atomic E-state index is 0.136. The van der Waals surface area contributed by atoms with Crippen molar-refractivity contribution in [1.82, 2.24) is 0 Å². The topological polar surface area (TPSA) is 9.23 Å². The van der Waals surface area contributed by atoms with E-state index < -0.39 is 11.6 Å². The van der Waals surface area contributed by atoms with Gasteiger partial charge in [-0.25, -0.2) is 0 Å². The van der Waals surface area contributed by atoms with Crippen molar-refractivity contribution in [3.05, 3.63) is 0 Å². The minimum Gasteiger partial charge on any atom is -0.381 e. The van der Waals surface area contributed by atoms with Gasteiger partial charge in [0.05, 0.1) is 12.0 Å². The maximum absolute atomic E-state index is 12.4. The molecule has 0 aromatic rings. The van der Waals surface area contributed by atoms with E-state index in [1.54, 1.807) is 0 Å². The highest BCUT2D eigenvalue weighted by Crippen LogP contribution is 2.57. The van der Waals surface area contributed by atoms with Crippen LogP contribution in [0.2, 0.25) is 0 Å². The number of hydrogen-bond acceptors (Lipinski definition) is 1. The van der Waals surface area contributed by atoms with Crippen LogP contribution in [0.3, 0.4) is 0 Å². The number of hydrogen-bond donors (Lipinski definition) is 0. The van der Waals surface area contributed by atoms with E-state index in [1.807, 2.05) is 0 Å². The van der Waals surface area contributed by atoms with Gasteiger partial charge >= 0.3 is 6.18 Å². The highest BCUT2D eigenvalue weighted by atomic mass is 19.4. The van der Waals surface area contributed by atoms with Crippen molar-refractivity contribution in [2.45, 2.75) is 51.6 Å². The molecule has 90 valence electrons. The molecule has 0 heterocycles. The van der Waals surface area contributed by atoms with E-state index >= 15 is 0 Å². The largest absolute Gasteiger partial charge is 0.396 e. The molecule has 1 saturated carbocycles. The van der Waals surface area contributed by atoms with Crippen molar-refractivity contribution in [1.29, 1.82) is 0 Å². The maximum atomic E-state index is 12.4. The van der Waals surface area contributed by atoms with E-state index in [-0.39, 0.29) is 19.4 Å². The van der Waals surface area contributed by atoms with Gasteiger partial charge in [0, 0.05) is 6.61 Å². The van der Waals surface area contributed by atoms with Gasteiger partial charge in [-0.05, 0) is 19.3 Å². The summed E-state index contributed by atoms with van der Waals surface area (Å²) in [6, 6.07) is 0. The van der Waals surface area contributed by atoms with Crippen LogP contribution in [0.15, 0.2) is 0 Å². The molecule has 1 rings (SSSR count). The average Bonchev–Trinajstić information content (AvgIpc) is 2.91. The number of ether oxygens (including phenoxy) is 1. The van der Waals surface area contributed by atoms with Crippen LogP contribution in [0.1, 0.15) is 45.4 Å². The van der Waals surface area contributed by atoms with Gasteiger partial charge in [0.15, 0.2) is 0 Å². The van der Waals surface area contributed by atoms with Crippen molar-refractivity contribution < 1.29 is 17.9 Å². The van der Waals surface area contributed by atoms with Crippen LogP contribution in [0.4, 0.5) is 13.2 Å². The second kappa shape index (κ2) is 5.19. The summed E-state index contributed by atoms with van der Waals surface area (Å²) in [5.41, 5.74) is -1.49. The standard InChI is InChI=1S/C11H19F3O/c1-2-3-4-5-8-15-9-10(6-7-10)11(12,13)14/h2-9H2,1H3. The summed E-state index contributed by atoms with van der Waals surface area (Å²) in [7, 11) is 0. The molecule has 0 atom stereocenters. The van der Waals surface area contributed by atoms with Gasteiger partial charge in [0.25, 0.3) is 0 Å². The zero-order valence-corrected chi connectivity index (χ0v) is 9.20. The van der Waals surface area contributed by atoms with Crippen LogP contribution in [0.25, 0.3) is 0 Å². The molecule has 1 fully saturated rings. The molecule has 1 nitrogen and oxygen atoms in total. The molecule has 0 unspecified atom stereocenters. The lowest BCUT2D eigenvalue weighted by Gasteiger charge is -2.18. The minimum atomic E-state index is -4.07. The smallest absolute Gasteiger partial charge is 0.381 e. The Labute approximate surface area is 89.0 Å². The predicted molar refractivity (Wildman–Crippen MR) is 52.7 cm³/mol. The van der Waals surface area contributed by atoms with Gasteiger partial charge in [-0.3, -0.25) is 0 Å². The van der Waals surface area contributed by atoms with Gasteiger partial charge in [0.2, 0.25) is 0 Å². The normalized spacial score (nSPS) is 19.2. The first-order valence-electron chi connectivity index (χ1n) is 5.66. The molecule has 0 aliphatic heterocycles. The molecular formula is C11H19F3O. The van der Waals surface area contributed by atoms with E-state index in [0.29, 0.717) is 6.61 Å². The highest BCUT2D eigenvalue weighted by molar-refractivity contribution is 4.99. The molecular weight excluding hydrogens is 205 g/mol. The quantitative estimate of drug-likeness (QED) is 0.595. The second-order valence-corrected chi connectivity index (χ2v) is 4.39. The van der Waals surface area contributed by atoms with Gasteiger partial charge in [-0.2, -0.15) is 13.2 Å². The van der Waals surface area contributed by atoms with Crippen LogP contribution in [-0.4, -0.2) is 19.4 Å². The van der Waals surface area contributed by atoms with Crippen molar-refractivity contribution >= 4 is 0 Å². The maximum Gasteiger partial charge on any atom is 0.396 e. The van der Waals surface area contributed by atoms with Gasteiger partial charge < -0.3 is 4.74 Å². The zero-order chi connectivity index (χ0) is 11.4. The van der Waals surface area contributed by atoms with Crippen LogP contribution >= 0.6 is 0 Å². The number of alkyl halides is 3. The van der Waals surface area contributed by atoms with Gasteiger partial charge in [-0.15, -0.1) is 0 Å². The van der Waals surface area contributed by atoms with Gasteiger partial charge in [0.1, 0.15) is 0 Å². The van der Waals surface area contributed by atoms with Crippen molar-refractivity contribution in [3.63, 3.8) is 0 Å². The van der Waals surface area contributed by atoms with E-state index in [0.717, 1.165) is 25.7 Å². The second-order valence-electron chi connectivity index (χ2n) is 4.39. The molecule has 4 heteroatoms. The number of unbranched alkanes of at least 4 members (excludes halogenated alkanes) is 3. The molecule has 0 aromatic carbocycles. The Morgan fingerprint density at radius 2 is 1.80 bits per heavy atom.